The molecule has 4 saturated carbocycles. The molecule has 4 aliphatic rings. The number of nitrogens with zero attached hydrogens (tertiary/aromatic N) is 2. The second-order valence-corrected chi connectivity index (χ2v) is 10.6. The van der Waals surface area contributed by atoms with E-state index in [0.717, 1.165) is 39.9 Å². The highest BCUT2D eigenvalue weighted by molar-refractivity contribution is 6.38. The number of rotatable bonds is 3. The van der Waals surface area contributed by atoms with Gasteiger partial charge in [-0.15, -0.1) is 0 Å². The summed E-state index contributed by atoms with van der Waals surface area (Å²) in [5, 5.41) is 13.2. The van der Waals surface area contributed by atoms with Crippen molar-refractivity contribution < 1.29 is 5.11 Å². The molecule has 2 heterocycles. The molecule has 1 unspecified atom stereocenters. The molecule has 3 nitrogen and oxygen atoms in total. The second-order valence-electron chi connectivity index (χ2n) is 9.74. The molecule has 1 aromatic carbocycles. The number of hydrogen-bond acceptors (Lipinski definition) is 3. The van der Waals surface area contributed by atoms with Crippen LogP contribution >= 0.6 is 23.2 Å². The van der Waals surface area contributed by atoms with E-state index in [-0.39, 0.29) is 5.41 Å². The fraction of sp³-hybridized carbons (Fsp3) is 0.440. The van der Waals surface area contributed by atoms with Crippen molar-refractivity contribution in [3.05, 3.63) is 69.6 Å². The lowest BCUT2D eigenvalue weighted by Gasteiger charge is -2.56. The van der Waals surface area contributed by atoms with Crippen molar-refractivity contribution in [2.45, 2.75) is 50.0 Å². The molecule has 30 heavy (non-hydrogen) atoms. The number of aliphatic hydroxyl groups excluding tert-OH is 1. The fourth-order valence-corrected chi connectivity index (χ4v) is 7.43. The van der Waals surface area contributed by atoms with Crippen molar-refractivity contribution in [3.63, 3.8) is 0 Å². The Kier molecular flexibility index (Phi) is 4.39. The molecule has 0 spiro atoms. The molecule has 5 heteroatoms. The van der Waals surface area contributed by atoms with Gasteiger partial charge in [0.15, 0.2) is 0 Å². The first-order valence-electron chi connectivity index (χ1n) is 10.9. The summed E-state index contributed by atoms with van der Waals surface area (Å²) in [7, 11) is 0. The maximum atomic E-state index is 11.3. The number of benzene rings is 1. The topological polar surface area (TPSA) is 46.0 Å². The molecule has 0 radical (unpaired) electrons. The van der Waals surface area contributed by atoms with E-state index in [1.54, 1.807) is 12.3 Å². The van der Waals surface area contributed by atoms with E-state index in [4.69, 9.17) is 28.2 Å². The van der Waals surface area contributed by atoms with Crippen LogP contribution in [0.15, 0.2) is 42.6 Å². The molecule has 0 saturated heterocycles. The molecule has 7 rings (SSSR count). The van der Waals surface area contributed by atoms with Crippen LogP contribution in [0.3, 0.4) is 0 Å². The number of hydrogen-bond donors (Lipinski definition) is 1. The smallest absolute Gasteiger partial charge is 0.122 e. The summed E-state index contributed by atoms with van der Waals surface area (Å²) in [6.45, 7) is 0. The summed E-state index contributed by atoms with van der Waals surface area (Å²) >= 11 is 13.0. The van der Waals surface area contributed by atoms with Gasteiger partial charge in [-0.05, 0) is 92.2 Å². The van der Waals surface area contributed by atoms with Crippen molar-refractivity contribution in [3.8, 4) is 0 Å². The first-order chi connectivity index (χ1) is 14.5. The SMILES string of the molecule is OC(c1ccccn1)c1cc(C23CC4CC(CC(C4)C2)C3)nc2c(Cl)cc(Cl)cc12. The van der Waals surface area contributed by atoms with Crippen molar-refractivity contribution in [2.24, 2.45) is 17.8 Å². The maximum Gasteiger partial charge on any atom is 0.122 e. The average molecular weight is 439 g/mol. The summed E-state index contributed by atoms with van der Waals surface area (Å²) in [6.07, 6.45) is 8.64. The normalized spacial score (nSPS) is 30.7. The van der Waals surface area contributed by atoms with Crippen molar-refractivity contribution in [2.75, 3.05) is 0 Å². The molecule has 154 valence electrons. The summed E-state index contributed by atoms with van der Waals surface area (Å²) in [6, 6.07) is 11.3. The molecule has 3 aromatic rings. The van der Waals surface area contributed by atoms with Crippen LogP contribution in [0.1, 0.15) is 61.6 Å². The Morgan fingerprint density at radius 3 is 2.30 bits per heavy atom. The van der Waals surface area contributed by atoms with E-state index in [9.17, 15) is 5.11 Å². The van der Waals surface area contributed by atoms with Crippen LogP contribution in [0, 0.1) is 17.8 Å². The van der Waals surface area contributed by atoms with Crippen LogP contribution in [0.2, 0.25) is 10.0 Å². The van der Waals surface area contributed by atoms with Gasteiger partial charge in [0.05, 0.1) is 16.2 Å². The van der Waals surface area contributed by atoms with Gasteiger partial charge in [-0.25, -0.2) is 0 Å². The molecule has 4 bridgehead atoms. The van der Waals surface area contributed by atoms with Crippen LogP contribution < -0.4 is 0 Å². The number of halogens is 2. The number of aliphatic hydroxyl groups is 1. The molecule has 4 aliphatic carbocycles. The second kappa shape index (κ2) is 6.91. The number of aromatic nitrogens is 2. The van der Waals surface area contributed by atoms with Gasteiger partial charge in [0.2, 0.25) is 0 Å². The Balaban J connectivity index is 1.56. The zero-order valence-electron chi connectivity index (χ0n) is 16.7. The molecule has 4 fully saturated rings. The third-order valence-corrected chi connectivity index (χ3v) is 8.21. The van der Waals surface area contributed by atoms with Crippen molar-refractivity contribution in [1.82, 2.24) is 9.97 Å². The Morgan fingerprint density at radius 1 is 0.967 bits per heavy atom. The van der Waals surface area contributed by atoms with Crippen molar-refractivity contribution >= 4 is 34.1 Å². The first-order valence-corrected chi connectivity index (χ1v) is 11.7. The van der Waals surface area contributed by atoms with Gasteiger partial charge in [0, 0.05) is 27.7 Å². The number of pyridine rings is 2. The lowest BCUT2D eigenvalue weighted by atomic mass is 9.48. The minimum absolute atomic E-state index is 0.116. The Labute approximate surface area is 186 Å². The Hall–Kier alpha value is -1.68. The molecular formula is C25H24Cl2N2O. The van der Waals surface area contributed by atoms with Crippen LogP contribution in [0.4, 0.5) is 0 Å². The molecule has 2 aromatic heterocycles. The molecule has 1 N–H and O–H groups in total. The monoisotopic (exact) mass is 438 g/mol. The summed E-state index contributed by atoms with van der Waals surface area (Å²) in [4.78, 5) is 9.51. The lowest BCUT2D eigenvalue weighted by Crippen LogP contribution is -2.49. The van der Waals surface area contributed by atoms with Gasteiger partial charge in [-0.3, -0.25) is 9.97 Å². The first kappa shape index (κ1) is 19.0. The highest BCUT2D eigenvalue weighted by Crippen LogP contribution is 2.60. The number of fused-ring (bicyclic) bond motifs is 1. The summed E-state index contributed by atoms with van der Waals surface area (Å²) < 4.78 is 0. The third kappa shape index (κ3) is 2.97. The quantitative estimate of drug-likeness (QED) is 0.508. The standard InChI is InChI=1S/C25H24Cl2N2O/c26-17-8-18-19(24(30)21-3-1-2-4-28-21)10-22(29-23(18)20(27)9-17)25-11-14-5-15(12-25)7-16(6-14)13-25/h1-4,8-10,14-16,24,30H,5-7,11-13H2. The van der Waals surface area contributed by atoms with Crippen LogP contribution in [-0.4, -0.2) is 15.1 Å². The van der Waals surface area contributed by atoms with E-state index in [0.29, 0.717) is 15.7 Å². The predicted molar refractivity (Wildman–Crippen MR) is 120 cm³/mol. The zero-order chi connectivity index (χ0) is 20.5. The lowest BCUT2D eigenvalue weighted by molar-refractivity contribution is -0.00714. The van der Waals surface area contributed by atoms with Gasteiger partial charge in [-0.1, -0.05) is 29.3 Å². The average Bonchev–Trinajstić information content (AvgIpc) is 2.72. The van der Waals surface area contributed by atoms with Crippen LogP contribution in [0.25, 0.3) is 10.9 Å². The van der Waals surface area contributed by atoms with Gasteiger partial charge in [-0.2, -0.15) is 0 Å². The van der Waals surface area contributed by atoms with E-state index in [1.807, 2.05) is 24.3 Å². The molecule has 0 aliphatic heterocycles. The van der Waals surface area contributed by atoms with E-state index >= 15 is 0 Å². The summed E-state index contributed by atoms with van der Waals surface area (Å²) in [5.74, 6) is 2.45. The predicted octanol–water partition coefficient (Wildman–Crippen LogP) is 6.49. The van der Waals surface area contributed by atoms with Gasteiger partial charge in [0.1, 0.15) is 6.10 Å². The minimum Gasteiger partial charge on any atom is -0.382 e. The molecular weight excluding hydrogens is 415 g/mol. The van der Waals surface area contributed by atoms with E-state index < -0.39 is 6.10 Å². The molecule has 1 atom stereocenters. The third-order valence-electron chi connectivity index (χ3n) is 7.71. The minimum atomic E-state index is -0.848. The fourth-order valence-electron chi connectivity index (χ4n) is 6.90. The van der Waals surface area contributed by atoms with Gasteiger partial charge >= 0.3 is 0 Å². The summed E-state index contributed by atoms with van der Waals surface area (Å²) in [5.41, 5.74) is 3.37. The highest BCUT2D eigenvalue weighted by atomic mass is 35.5. The maximum absolute atomic E-state index is 11.3. The van der Waals surface area contributed by atoms with Crippen molar-refractivity contribution in [1.29, 1.82) is 0 Å². The van der Waals surface area contributed by atoms with Gasteiger partial charge < -0.3 is 5.11 Å². The van der Waals surface area contributed by atoms with E-state index in [2.05, 4.69) is 11.1 Å². The Bertz CT molecular complexity index is 1100. The zero-order valence-corrected chi connectivity index (χ0v) is 18.2. The largest absolute Gasteiger partial charge is 0.382 e. The highest BCUT2D eigenvalue weighted by Gasteiger charge is 2.52. The van der Waals surface area contributed by atoms with Crippen LogP contribution in [0.5, 0.6) is 0 Å². The Morgan fingerprint density at radius 2 is 1.67 bits per heavy atom. The van der Waals surface area contributed by atoms with E-state index in [1.165, 1.54) is 38.5 Å². The van der Waals surface area contributed by atoms with Gasteiger partial charge in [0.25, 0.3) is 0 Å². The molecule has 0 amide bonds. The van der Waals surface area contributed by atoms with Crippen LogP contribution in [-0.2, 0) is 5.41 Å².